The Hall–Kier alpha value is -3.01. The van der Waals surface area contributed by atoms with Crippen molar-refractivity contribution < 1.29 is 23.1 Å². The third-order valence-electron chi connectivity index (χ3n) is 5.42. The Labute approximate surface area is 188 Å². The first-order valence-corrected chi connectivity index (χ1v) is 11.7. The standard InChI is InChI=1S/C23H27N3O5S/c1-3-22(28)24-19-13-20(16-27)26(15-19)32(30,31)21-11-9-18(10-12-21)23(29)25(2)14-17-7-5-4-6-8-17/h3-12,19-20,27H,1,13-16H2,2H3,(H,24,28). The minimum absolute atomic E-state index is 0.0221. The van der Waals surface area contributed by atoms with E-state index in [1.165, 1.54) is 28.6 Å². The second-order valence-electron chi connectivity index (χ2n) is 7.73. The van der Waals surface area contributed by atoms with Crippen LogP contribution in [0.4, 0.5) is 0 Å². The average molecular weight is 458 g/mol. The summed E-state index contributed by atoms with van der Waals surface area (Å²) in [5.41, 5.74) is 1.36. The number of nitrogens with zero attached hydrogens (tertiary/aromatic N) is 2. The summed E-state index contributed by atoms with van der Waals surface area (Å²) >= 11 is 0. The maximum Gasteiger partial charge on any atom is 0.253 e. The van der Waals surface area contributed by atoms with Gasteiger partial charge in [-0.25, -0.2) is 8.42 Å². The smallest absolute Gasteiger partial charge is 0.253 e. The first-order valence-electron chi connectivity index (χ1n) is 10.2. The van der Waals surface area contributed by atoms with Crippen molar-refractivity contribution in [2.45, 2.75) is 29.9 Å². The quantitative estimate of drug-likeness (QED) is 0.583. The zero-order valence-corrected chi connectivity index (χ0v) is 18.7. The Balaban J connectivity index is 1.73. The van der Waals surface area contributed by atoms with Crippen LogP contribution < -0.4 is 5.32 Å². The zero-order chi connectivity index (χ0) is 23.3. The molecule has 2 unspecified atom stereocenters. The number of aliphatic hydroxyl groups excluding tert-OH is 1. The van der Waals surface area contributed by atoms with Crippen molar-refractivity contribution in [1.82, 2.24) is 14.5 Å². The van der Waals surface area contributed by atoms with Gasteiger partial charge in [-0.15, -0.1) is 0 Å². The lowest BCUT2D eigenvalue weighted by Crippen LogP contribution is -2.39. The molecule has 2 amide bonds. The third-order valence-corrected chi connectivity index (χ3v) is 7.36. The number of carbonyl (C=O) groups is 2. The second kappa shape index (κ2) is 10.1. The molecule has 0 aromatic heterocycles. The average Bonchev–Trinajstić information content (AvgIpc) is 3.22. The molecule has 1 heterocycles. The summed E-state index contributed by atoms with van der Waals surface area (Å²) in [6.07, 6.45) is 1.42. The summed E-state index contributed by atoms with van der Waals surface area (Å²) in [4.78, 5) is 25.9. The van der Waals surface area contributed by atoms with E-state index < -0.39 is 28.0 Å². The fourth-order valence-corrected chi connectivity index (χ4v) is 5.44. The summed E-state index contributed by atoms with van der Waals surface area (Å²) in [6.45, 7) is 3.51. The Kier molecular flexibility index (Phi) is 7.44. The van der Waals surface area contributed by atoms with Gasteiger partial charge in [0.05, 0.1) is 17.5 Å². The molecule has 0 bridgehead atoms. The van der Waals surface area contributed by atoms with E-state index in [4.69, 9.17) is 0 Å². The Morgan fingerprint density at radius 2 is 1.84 bits per heavy atom. The highest BCUT2D eigenvalue weighted by molar-refractivity contribution is 7.89. The first kappa shape index (κ1) is 23.6. The SMILES string of the molecule is C=CC(=O)NC1CC(CO)N(S(=O)(=O)c2ccc(C(=O)N(C)Cc3ccccc3)cc2)C1. The Morgan fingerprint density at radius 3 is 2.44 bits per heavy atom. The van der Waals surface area contributed by atoms with E-state index in [1.54, 1.807) is 11.9 Å². The van der Waals surface area contributed by atoms with Crippen LogP contribution >= 0.6 is 0 Å². The van der Waals surface area contributed by atoms with Crippen LogP contribution in [0.5, 0.6) is 0 Å². The molecule has 8 nitrogen and oxygen atoms in total. The van der Waals surface area contributed by atoms with Crippen molar-refractivity contribution in [3.8, 4) is 0 Å². The van der Waals surface area contributed by atoms with E-state index in [1.807, 2.05) is 30.3 Å². The maximum atomic E-state index is 13.1. The summed E-state index contributed by atoms with van der Waals surface area (Å²) in [6, 6.07) is 14.3. The molecular formula is C23H27N3O5S. The highest BCUT2D eigenvalue weighted by Gasteiger charge is 2.40. The van der Waals surface area contributed by atoms with Crippen molar-refractivity contribution in [2.75, 3.05) is 20.2 Å². The van der Waals surface area contributed by atoms with E-state index in [2.05, 4.69) is 11.9 Å². The van der Waals surface area contributed by atoms with E-state index in [-0.39, 0.29) is 24.0 Å². The van der Waals surface area contributed by atoms with Gasteiger partial charge in [0, 0.05) is 31.7 Å². The number of amides is 2. The number of nitrogens with one attached hydrogen (secondary N) is 1. The van der Waals surface area contributed by atoms with Gasteiger partial charge in [0.15, 0.2) is 0 Å². The minimum atomic E-state index is -3.92. The molecular weight excluding hydrogens is 430 g/mol. The van der Waals surface area contributed by atoms with Gasteiger partial charge in [0.1, 0.15) is 0 Å². The van der Waals surface area contributed by atoms with Crippen LogP contribution in [0.2, 0.25) is 0 Å². The van der Waals surface area contributed by atoms with Gasteiger partial charge in [-0.3, -0.25) is 9.59 Å². The lowest BCUT2D eigenvalue weighted by atomic mass is 10.1. The predicted octanol–water partition coefficient (Wildman–Crippen LogP) is 1.38. The lowest BCUT2D eigenvalue weighted by molar-refractivity contribution is -0.117. The summed E-state index contributed by atoms with van der Waals surface area (Å²) < 4.78 is 27.5. The molecule has 0 spiro atoms. The summed E-state index contributed by atoms with van der Waals surface area (Å²) in [7, 11) is -2.23. The number of sulfonamides is 1. The van der Waals surface area contributed by atoms with Gasteiger partial charge in [-0.05, 0) is 42.3 Å². The van der Waals surface area contributed by atoms with E-state index in [0.29, 0.717) is 18.5 Å². The highest BCUT2D eigenvalue weighted by atomic mass is 32.2. The molecule has 170 valence electrons. The largest absolute Gasteiger partial charge is 0.395 e. The Morgan fingerprint density at radius 1 is 1.19 bits per heavy atom. The van der Waals surface area contributed by atoms with Crippen molar-refractivity contribution >= 4 is 21.8 Å². The second-order valence-corrected chi connectivity index (χ2v) is 9.62. The number of aliphatic hydroxyl groups is 1. The van der Waals surface area contributed by atoms with Gasteiger partial charge in [-0.2, -0.15) is 4.31 Å². The van der Waals surface area contributed by atoms with Crippen LogP contribution in [0.25, 0.3) is 0 Å². The van der Waals surface area contributed by atoms with Crippen molar-refractivity contribution in [1.29, 1.82) is 0 Å². The van der Waals surface area contributed by atoms with Crippen LogP contribution in [0, 0.1) is 0 Å². The van der Waals surface area contributed by atoms with Gasteiger partial charge in [0.25, 0.3) is 5.91 Å². The lowest BCUT2D eigenvalue weighted by Gasteiger charge is -2.22. The molecule has 2 atom stereocenters. The van der Waals surface area contributed by atoms with Gasteiger partial charge in [0.2, 0.25) is 15.9 Å². The molecule has 2 N–H and O–H groups in total. The normalized spacial score (nSPS) is 18.8. The number of carbonyl (C=O) groups excluding carboxylic acids is 2. The predicted molar refractivity (Wildman–Crippen MR) is 120 cm³/mol. The molecule has 1 fully saturated rings. The molecule has 2 aromatic rings. The molecule has 1 saturated heterocycles. The van der Waals surface area contributed by atoms with Crippen LogP contribution in [0.3, 0.4) is 0 Å². The van der Waals surface area contributed by atoms with Gasteiger partial charge < -0.3 is 15.3 Å². The molecule has 2 aromatic carbocycles. The third kappa shape index (κ3) is 5.24. The molecule has 3 rings (SSSR count). The van der Waals surface area contributed by atoms with Gasteiger partial charge in [-0.1, -0.05) is 36.9 Å². The number of hydrogen-bond acceptors (Lipinski definition) is 5. The maximum absolute atomic E-state index is 13.1. The van der Waals surface area contributed by atoms with Crippen molar-refractivity contribution in [2.24, 2.45) is 0 Å². The summed E-state index contributed by atoms with van der Waals surface area (Å²) in [5, 5.41) is 12.3. The van der Waals surface area contributed by atoms with Crippen LogP contribution in [-0.2, 0) is 21.4 Å². The van der Waals surface area contributed by atoms with Crippen LogP contribution in [0.1, 0.15) is 22.3 Å². The fraction of sp³-hybridized carbons (Fsp3) is 0.304. The molecule has 0 aliphatic carbocycles. The monoisotopic (exact) mass is 457 g/mol. The van der Waals surface area contributed by atoms with Crippen LogP contribution in [0.15, 0.2) is 72.1 Å². The van der Waals surface area contributed by atoms with E-state index >= 15 is 0 Å². The van der Waals surface area contributed by atoms with E-state index in [9.17, 15) is 23.1 Å². The molecule has 0 saturated carbocycles. The molecule has 1 aliphatic rings. The van der Waals surface area contributed by atoms with E-state index in [0.717, 1.165) is 11.6 Å². The number of benzene rings is 2. The minimum Gasteiger partial charge on any atom is -0.395 e. The summed E-state index contributed by atoms with van der Waals surface area (Å²) in [5.74, 6) is -0.618. The number of rotatable bonds is 8. The Bertz CT molecular complexity index is 1070. The van der Waals surface area contributed by atoms with Gasteiger partial charge >= 0.3 is 0 Å². The topological polar surface area (TPSA) is 107 Å². The molecule has 32 heavy (non-hydrogen) atoms. The zero-order valence-electron chi connectivity index (χ0n) is 17.8. The van der Waals surface area contributed by atoms with Crippen molar-refractivity contribution in [3.63, 3.8) is 0 Å². The van der Waals surface area contributed by atoms with Crippen molar-refractivity contribution in [3.05, 3.63) is 78.4 Å². The molecule has 0 radical (unpaired) electrons. The molecule has 1 aliphatic heterocycles. The number of hydrogen-bond donors (Lipinski definition) is 2. The highest BCUT2D eigenvalue weighted by Crippen LogP contribution is 2.26. The molecule has 9 heteroatoms. The first-order chi connectivity index (χ1) is 15.3. The fourth-order valence-electron chi connectivity index (χ4n) is 3.77. The van der Waals surface area contributed by atoms with Crippen LogP contribution in [-0.4, -0.2) is 66.8 Å².